The average molecular weight is 439 g/mol. The van der Waals surface area contributed by atoms with E-state index in [9.17, 15) is 4.79 Å². The molecule has 0 saturated heterocycles. The second-order valence-corrected chi connectivity index (χ2v) is 8.79. The minimum absolute atomic E-state index is 0.208. The first-order valence-electron chi connectivity index (χ1n) is 11.2. The number of fused-ring (bicyclic) bond motifs is 1. The number of hydrogen-bond donors (Lipinski definition) is 1. The molecule has 1 amide bonds. The minimum atomic E-state index is -0.208. The molecule has 4 aromatic rings. The number of rotatable bonds is 7. The fourth-order valence-corrected chi connectivity index (χ4v) is 3.79. The fourth-order valence-electron chi connectivity index (χ4n) is 3.79. The highest BCUT2D eigenvalue weighted by Gasteiger charge is 2.17. The molecule has 0 spiro atoms. The van der Waals surface area contributed by atoms with Crippen LogP contribution in [0.5, 0.6) is 0 Å². The van der Waals surface area contributed by atoms with E-state index < -0.39 is 0 Å². The standard InChI is InChI=1S/C28H30N4O/c1-19(2)22-14-16-24(17-15-22)29-28(33)27-25-8-6-7-9-26(25)32(30-27)18-21-10-12-23(13-11-21)20(3)31(4)5/h6-17,19H,3,18H2,1-2,4-5H3,(H,29,33). The monoisotopic (exact) mass is 438 g/mol. The molecule has 1 heterocycles. The molecule has 0 atom stereocenters. The molecule has 1 aromatic heterocycles. The molecule has 168 valence electrons. The summed E-state index contributed by atoms with van der Waals surface area (Å²) in [6, 6.07) is 24.1. The van der Waals surface area contributed by atoms with Crippen molar-refractivity contribution in [2.24, 2.45) is 0 Å². The highest BCUT2D eigenvalue weighted by molar-refractivity contribution is 6.11. The molecule has 0 unspecified atom stereocenters. The third kappa shape index (κ3) is 4.82. The van der Waals surface area contributed by atoms with Crippen LogP contribution >= 0.6 is 0 Å². The van der Waals surface area contributed by atoms with Gasteiger partial charge < -0.3 is 10.2 Å². The van der Waals surface area contributed by atoms with Crippen molar-refractivity contribution in [3.05, 3.63) is 102 Å². The average Bonchev–Trinajstić information content (AvgIpc) is 3.18. The van der Waals surface area contributed by atoms with E-state index in [0.29, 0.717) is 18.2 Å². The maximum Gasteiger partial charge on any atom is 0.276 e. The number of nitrogens with one attached hydrogen (secondary N) is 1. The smallest absolute Gasteiger partial charge is 0.276 e. The third-order valence-corrected chi connectivity index (χ3v) is 5.87. The molecule has 0 fully saturated rings. The Morgan fingerprint density at radius 2 is 1.67 bits per heavy atom. The van der Waals surface area contributed by atoms with Gasteiger partial charge in [-0.25, -0.2) is 0 Å². The molecule has 5 heteroatoms. The second kappa shape index (κ2) is 9.33. The van der Waals surface area contributed by atoms with Crippen LogP contribution < -0.4 is 5.32 Å². The lowest BCUT2D eigenvalue weighted by Crippen LogP contribution is -2.14. The lowest BCUT2D eigenvalue weighted by Gasteiger charge is -2.16. The van der Waals surface area contributed by atoms with Crippen LogP contribution in [-0.4, -0.2) is 34.7 Å². The highest BCUT2D eigenvalue weighted by Crippen LogP contribution is 2.23. The van der Waals surface area contributed by atoms with Gasteiger partial charge >= 0.3 is 0 Å². The number of nitrogens with zero attached hydrogens (tertiary/aromatic N) is 3. The Bertz CT molecular complexity index is 1280. The summed E-state index contributed by atoms with van der Waals surface area (Å²) in [5.41, 5.74) is 6.51. The number of carbonyl (C=O) groups excluding carboxylic acids is 1. The summed E-state index contributed by atoms with van der Waals surface area (Å²) in [6.07, 6.45) is 0. The quantitative estimate of drug-likeness (QED) is 0.385. The predicted octanol–water partition coefficient (Wildman–Crippen LogP) is 5.99. The van der Waals surface area contributed by atoms with Crippen molar-refractivity contribution < 1.29 is 4.79 Å². The molecule has 0 aliphatic heterocycles. The number of amides is 1. The van der Waals surface area contributed by atoms with Crippen molar-refractivity contribution in [2.75, 3.05) is 19.4 Å². The predicted molar refractivity (Wildman–Crippen MR) is 136 cm³/mol. The Morgan fingerprint density at radius 1 is 1.00 bits per heavy atom. The lowest BCUT2D eigenvalue weighted by atomic mass is 10.0. The minimum Gasteiger partial charge on any atom is -0.378 e. The molecular weight excluding hydrogens is 408 g/mol. The first-order chi connectivity index (χ1) is 15.8. The summed E-state index contributed by atoms with van der Waals surface area (Å²) in [6.45, 7) is 8.99. The van der Waals surface area contributed by atoms with Crippen LogP contribution in [0.2, 0.25) is 0 Å². The van der Waals surface area contributed by atoms with Crippen LogP contribution in [-0.2, 0) is 6.54 Å². The van der Waals surface area contributed by atoms with Gasteiger partial charge in [-0.05, 0) is 40.8 Å². The van der Waals surface area contributed by atoms with Crippen molar-refractivity contribution in [3.8, 4) is 0 Å². The van der Waals surface area contributed by atoms with Gasteiger partial charge in [0.25, 0.3) is 5.91 Å². The number of hydrogen-bond acceptors (Lipinski definition) is 3. The normalized spacial score (nSPS) is 11.1. The molecule has 0 radical (unpaired) electrons. The summed E-state index contributed by atoms with van der Waals surface area (Å²) in [5.74, 6) is 0.240. The van der Waals surface area contributed by atoms with Crippen LogP contribution in [0, 0.1) is 0 Å². The van der Waals surface area contributed by atoms with E-state index in [1.165, 1.54) is 5.56 Å². The molecule has 0 aliphatic rings. The fraction of sp³-hybridized carbons (Fsp3) is 0.214. The molecule has 5 nitrogen and oxygen atoms in total. The van der Waals surface area contributed by atoms with Crippen molar-refractivity contribution in [1.29, 1.82) is 0 Å². The van der Waals surface area contributed by atoms with Crippen molar-refractivity contribution in [3.63, 3.8) is 0 Å². The molecule has 0 bridgehead atoms. The van der Waals surface area contributed by atoms with Crippen LogP contribution in [0.1, 0.15) is 46.9 Å². The highest BCUT2D eigenvalue weighted by atomic mass is 16.2. The molecular formula is C28H30N4O. The summed E-state index contributed by atoms with van der Waals surface area (Å²) in [7, 11) is 3.97. The Balaban J connectivity index is 1.58. The van der Waals surface area contributed by atoms with E-state index >= 15 is 0 Å². The first-order valence-corrected chi connectivity index (χ1v) is 11.2. The zero-order valence-corrected chi connectivity index (χ0v) is 19.7. The van der Waals surface area contributed by atoms with Crippen molar-refractivity contribution in [2.45, 2.75) is 26.3 Å². The number of carbonyl (C=O) groups is 1. The van der Waals surface area contributed by atoms with Gasteiger partial charge in [-0.15, -0.1) is 0 Å². The first kappa shape index (κ1) is 22.3. The van der Waals surface area contributed by atoms with E-state index in [4.69, 9.17) is 5.10 Å². The SMILES string of the molecule is C=C(c1ccc(Cn2nc(C(=O)Nc3ccc(C(C)C)cc3)c3ccccc32)cc1)N(C)C. The zero-order chi connectivity index (χ0) is 23.5. The van der Waals surface area contributed by atoms with E-state index in [0.717, 1.165) is 33.4 Å². The van der Waals surface area contributed by atoms with Crippen LogP contribution in [0.4, 0.5) is 5.69 Å². The Hall–Kier alpha value is -3.86. The van der Waals surface area contributed by atoms with E-state index in [1.54, 1.807) is 0 Å². The molecule has 4 rings (SSSR count). The van der Waals surface area contributed by atoms with Gasteiger partial charge in [-0.2, -0.15) is 5.10 Å². The second-order valence-electron chi connectivity index (χ2n) is 8.79. The summed E-state index contributed by atoms with van der Waals surface area (Å²) in [5, 5.41) is 8.53. The largest absolute Gasteiger partial charge is 0.378 e. The van der Waals surface area contributed by atoms with E-state index in [2.05, 4.69) is 50.0 Å². The maximum atomic E-state index is 13.1. The van der Waals surface area contributed by atoms with Crippen LogP contribution in [0.3, 0.4) is 0 Å². The third-order valence-electron chi connectivity index (χ3n) is 5.87. The summed E-state index contributed by atoms with van der Waals surface area (Å²) < 4.78 is 1.89. The van der Waals surface area contributed by atoms with Gasteiger partial charge in [0.1, 0.15) is 0 Å². The number of anilines is 1. The van der Waals surface area contributed by atoms with Crippen molar-refractivity contribution >= 4 is 28.2 Å². The Kier molecular flexibility index (Phi) is 6.31. The zero-order valence-electron chi connectivity index (χ0n) is 19.7. The Morgan fingerprint density at radius 3 is 2.30 bits per heavy atom. The van der Waals surface area contributed by atoms with Gasteiger partial charge in [-0.1, -0.05) is 75.0 Å². The van der Waals surface area contributed by atoms with E-state index in [-0.39, 0.29) is 5.91 Å². The summed E-state index contributed by atoms with van der Waals surface area (Å²) >= 11 is 0. The summed E-state index contributed by atoms with van der Waals surface area (Å²) in [4.78, 5) is 15.1. The number of benzene rings is 3. The van der Waals surface area contributed by atoms with Crippen molar-refractivity contribution in [1.82, 2.24) is 14.7 Å². The number of aromatic nitrogens is 2. The topological polar surface area (TPSA) is 50.2 Å². The van der Waals surface area contributed by atoms with Gasteiger partial charge in [-0.3, -0.25) is 9.48 Å². The molecule has 0 saturated carbocycles. The maximum absolute atomic E-state index is 13.1. The van der Waals surface area contributed by atoms with Gasteiger partial charge in [0.05, 0.1) is 12.1 Å². The van der Waals surface area contributed by atoms with Crippen LogP contribution in [0.25, 0.3) is 16.6 Å². The molecule has 0 aliphatic carbocycles. The molecule has 3 aromatic carbocycles. The van der Waals surface area contributed by atoms with Gasteiger partial charge in [0, 0.05) is 30.9 Å². The van der Waals surface area contributed by atoms with Gasteiger partial charge in [0.15, 0.2) is 5.69 Å². The Labute approximate surface area is 195 Å². The molecule has 1 N–H and O–H groups in total. The van der Waals surface area contributed by atoms with Gasteiger partial charge in [0.2, 0.25) is 0 Å². The van der Waals surface area contributed by atoms with E-state index in [1.807, 2.05) is 72.2 Å². The molecule has 33 heavy (non-hydrogen) atoms. The van der Waals surface area contributed by atoms with Crippen LogP contribution in [0.15, 0.2) is 79.4 Å². The lowest BCUT2D eigenvalue weighted by molar-refractivity contribution is 0.102. The number of para-hydroxylation sites is 1.